The van der Waals surface area contributed by atoms with Gasteiger partial charge >= 0.3 is 6.18 Å². The molecule has 0 spiro atoms. The van der Waals surface area contributed by atoms with Gasteiger partial charge in [-0.15, -0.1) is 0 Å². The molecule has 0 radical (unpaired) electrons. The molecule has 1 amide bonds. The van der Waals surface area contributed by atoms with Gasteiger partial charge in [-0.1, -0.05) is 12.1 Å². The summed E-state index contributed by atoms with van der Waals surface area (Å²) in [6.07, 6.45) is -5.58. The fourth-order valence-corrected chi connectivity index (χ4v) is 1.42. The summed E-state index contributed by atoms with van der Waals surface area (Å²) < 4.78 is 49.5. The van der Waals surface area contributed by atoms with Crippen LogP contribution in [0.1, 0.15) is 24.9 Å². The molecule has 0 aliphatic carbocycles. The molecule has 0 saturated heterocycles. The maximum Gasteiger partial charge on any atom is 0.391 e. The summed E-state index contributed by atoms with van der Waals surface area (Å²) in [6.45, 7) is 1.13. The monoisotopic (exact) mass is 249 g/mol. The summed E-state index contributed by atoms with van der Waals surface area (Å²) in [5.41, 5.74) is 0.221. The molecule has 17 heavy (non-hydrogen) atoms. The van der Waals surface area contributed by atoms with Crippen LogP contribution in [0.2, 0.25) is 0 Å². The zero-order valence-corrected chi connectivity index (χ0v) is 9.01. The molecular weight excluding hydrogens is 238 g/mol. The molecule has 1 aromatic carbocycles. The van der Waals surface area contributed by atoms with Gasteiger partial charge in [-0.3, -0.25) is 4.79 Å². The van der Waals surface area contributed by atoms with E-state index in [0.29, 0.717) is 0 Å². The first-order valence-electron chi connectivity index (χ1n) is 4.87. The second-order valence-corrected chi connectivity index (χ2v) is 3.62. The van der Waals surface area contributed by atoms with Crippen molar-refractivity contribution in [2.45, 2.75) is 25.6 Å². The fourth-order valence-electron chi connectivity index (χ4n) is 1.42. The van der Waals surface area contributed by atoms with Gasteiger partial charge in [-0.2, -0.15) is 13.2 Å². The van der Waals surface area contributed by atoms with Crippen molar-refractivity contribution >= 4 is 5.91 Å². The van der Waals surface area contributed by atoms with Gasteiger partial charge in [0, 0.05) is 6.92 Å². The number of benzene rings is 1. The topological polar surface area (TPSA) is 29.1 Å². The number of amides is 1. The molecule has 0 aromatic heterocycles. The van der Waals surface area contributed by atoms with E-state index in [1.54, 1.807) is 0 Å². The van der Waals surface area contributed by atoms with E-state index in [-0.39, 0.29) is 5.56 Å². The highest BCUT2D eigenvalue weighted by Gasteiger charge is 2.33. The fraction of sp³-hybridized carbons (Fsp3) is 0.364. The lowest BCUT2D eigenvalue weighted by Gasteiger charge is -2.19. The molecule has 0 saturated carbocycles. The Bertz CT molecular complexity index is 385. The minimum absolute atomic E-state index is 0.221. The molecule has 0 fully saturated rings. The molecule has 0 bridgehead atoms. The van der Waals surface area contributed by atoms with E-state index in [2.05, 4.69) is 5.32 Å². The summed E-state index contributed by atoms with van der Waals surface area (Å²) in [5.74, 6) is -1.11. The molecule has 2 nitrogen and oxygen atoms in total. The van der Waals surface area contributed by atoms with Crippen LogP contribution in [0.25, 0.3) is 0 Å². The Morgan fingerprint density at radius 3 is 2.24 bits per heavy atom. The molecule has 0 aliphatic heterocycles. The number of carbonyl (C=O) groups excluding carboxylic acids is 1. The van der Waals surface area contributed by atoms with E-state index in [9.17, 15) is 22.4 Å². The van der Waals surface area contributed by atoms with Gasteiger partial charge in [-0.05, 0) is 17.7 Å². The Kier molecular flexibility index (Phi) is 4.09. The van der Waals surface area contributed by atoms with Crippen LogP contribution in [-0.4, -0.2) is 12.1 Å². The van der Waals surface area contributed by atoms with E-state index < -0.39 is 30.4 Å². The Balaban J connectivity index is 2.89. The minimum Gasteiger partial charge on any atom is -0.349 e. The average molecular weight is 249 g/mol. The Hall–Kier alpha value is -1.59. The summed E-state index contributed by atoms with van der Waals surface area (Å²) in [5, 5.41) is 2.19. The Morgan fingerprint density at radius 1 is 1.29 bits per heavy atom. The normalized spacial score (nSPS) is 13.2. The van der Waals surface area contributed by atoms with E-state index >= 15 is 0 Å². The first kappa shape index (κ1) is 13.5. The number of rotatable bonds is 3. The van der Waals surface area contributed by atoms with Crippen LogP contribution in [0.4, 0.5) is 17.6 Å². The van der Waals surface area contributed by atoms with Crippen molar-refractivity contribution in [3.8, 4) is 0 Å². The van der Waals surface area contributed by atoms with Gasteiger partial charge in [0.15, 0.2) is 0 Å². The minimum atomic E-state index is -4.40. The predicted molar refractivity (Wildman–Crippen MR) is 53.6 cm³/mol. The standard InChI is InChI=1S/C11H11F4NO/c1-7(17)16-10(6-11(13,14)15)8-2-4-9(12)5-3-8/h2-5,10H,6H2,1H3,(H,16,17)/t10-/m1/s1. The first-order chi connectivity index (χ1) is 7.78. The third kappa shape index (κ3) is 4.84. The molecule has 1 atom stereocenters. The lowest BCUT2D eigenvalue weighted by atomic mass is 10.0. The summed E-state index contributed by atoms with van der Waals surface area (Å²) in [4.78, 5) is 10.8. The number of hydrogen-bond donors (Lipinski definition) is 1. The lowest BCUT2D eigenvalue weighted by molar-refractivity contribution is -0.142. The van der Waals surface area contributed by atoms with Crippen molar-refractivity contribution in [2.75, 3.05) is 0 Å². The van der Waals surface area contributed by atoms with E-state index in [1.807, 2.05) is 0 Å². The van der Waals surface area contributed by atoms with Crippen molar-refractivity contribution in [3.05, 3.63) is 35.6 Å². The van der Waals surface area contributed by atoms with Crippen LogP contribution >= 0.6 is 0 Å². The third-order valence-corrected chi connectivity index (χ3v) is 2.09. The molecular formula is C11H11F4NO. The maximum atomic E-state index is 12.6. The number of halogens is 4. The molecule has 94 valence electrons. The van der Waals surface area contributed by atoms with Crippen molar-refractivity contribution in [1.29, 1.82) is 0 Å². The lowest BCUT2D eigenvalue weighted by Crippen LogP contribution is -2.30. The zero-order chi connectivity index (χ0) is 13.1. The smallest absolute Gasteiger partial charge is 0.349 e. The van der Waals surface area contributed by atoms with Gasteiger partial charge in [0.2, 0.25) is 5.91 Å². The summed E-state index contributed by atoms with van der Waals surface area (Å²) in [6, 6.07) is 3.37. The van der Waals surface area contributed by atoms with Crippen LogP contribution < -0.4 is 5.32 Å². The molecule has 0 unspecified atom stereocenters. The maximum absolute atomic E-state index is 12.6. The van der Waals surface area contributed by atoms with Crippen LogP contribution in [0.5, 0.6) is 0 Å². The summed E-state index contributed by atoms with van der Waals surface area (Å²) in [7, 11) is 0. The van der Waals surface area contributed by atoms with Gasteiger partial charge in [0.1, 0.15) is 5.82 Å². The number of nitrogens with one attached hydrogen (secondary N) is 1. The number of carbonyl (C=O) groups is 1. The van der Waals surface area contributed by atoms with Gasteiger partial charge in [-0.25, -0.2) is 4.39 Å². The average Bonchev–Trinajstić information content (AvgIpc) is 2.14. The molecule has 1 N–H and O–H groups in total. The first-order valence-corrected chi connectivity index (χ1v) is 4.87. The van der Waals surface area contributed by atoms with Crippen LogP contribution in [0.15, 0.2) is 24.3 Å². The van der Waals surface area contributed by atoms with Crippen LogP contribution in [0, 0.1) is 5.82 Å². The van der Waals surface area contributed by atoms with E-state index in [0.717, 1.165) is 19.1 Å². The molecule has 1 aromatic rings. The van der Waals surface area contributed by atoms with Crippen LogP contribution in [0.3, 0.4) is 0 Å². The van der Waals surface area contributed by atoms with Gasteiger partial charge in [0.05, 0.1) is 12.5 Å². The Morgan fingerprint density at radius 2 is 1.82 bits per heavy atom. The summed E-state index contributed by atoms with van der Waals surface area (Å²) >= 11 is 0. The van der Waals surface area contributed by atoms with Crippen molar-refractivity contribution in [1.82, 2.24) is 5.32 Å². The van der Waals surface area contributed by atoms with Gasteiger partial charge < -0.3 is 5.32 Å². The number of hydrogen-bond acceptors (Lipinski definition) is 1. The molecule has 0 heterocycles. The number of alkyl halides is 3. The van der Waals surface area contributed by atoms with E-state index in [4.69, 9.17) is 0 Å². The predicted octanol–water partition coefficient (Wildman–Crippen LogP) is 2.96. The second kappa shape index (κ2) is 5.16. The van der Waals surface area contributed by atoms with Crippen LogP contribution in [-0.2, 0) is 4.79 Å². The second-order valence-electron chi connectivity index (χ2n) is 3.62. The highest BCUT2D eigenvalue weighted by molar-refractivity contribution is 5.73. The SMILES string of the molecule is CC(=O)N[C@H](CC(F)(F)F)c1ccc(F)cc1. The van der Waals surface area contributed by atoms with Crippen molar-refractivity contribution in [2.24, 2.45) is 0 Å². The largest absolute Gasteiger partial charge is 0.391 e. The van der Waals surface area contributed by atoms with Gasteiger partial charge in [0.25, 0.3) is 0 Å². The Labute approximate surface area is 95.6 Å². The molecule has 0 aliphatic rings. The quantitative estimate of drug-likeness (QED) is 0.820. The third-order valence-electron chi connectivity index (χ3n) is 2.09. The highest BCUT2D eigenvalue weighted by atomic mass is 19.4. The van der Waals surface area contributed by atoms with E-state index in [1.165, 1.54) is 12.1 Å². The van der Waals surface area contributed by atoms with Crippen molar-refractivity contribution < 1.29 is 22.4 Å². The zero-order valence-electron chi connectivity index (χ0n) is 9.01. The molecule has 1 rings (SSSR count). The highest BCUT2D eigenvalue weighted by Crippen LogP contribution is 2.29. The molecule has 6 heteroatoms. The van der Waals surface area contributed by atoms with Crippen molar-refractivity contribution in [3.63, 3.8) is 0 Å².